The zero-order chi connectivity index (χ0) is 20.2. The maximum atomic E-state index is 12.2. The fraction of sp³-hybridized carbons (Fsp3) is 0.579. The molecule has 2 bridgehead atoms. The standard InChI is InChI=1S/C19H24O8/c1-10(2)15(21)25-13-8-18(4,23)19(24)6-5-17(3,27-19)7-12-14(13)11(9-20)16(22)26-12/h7,13,20,23-24H,1,5-6,8-9H2,2-4H3/t13-,17-,18+,19+/m0/s1. The number of aliphatic hydroxyl groups is 3. The van der Waals surface area contributed by atoms with Crippen molar-refractivity contribution in [3.63, 3.8) is 0 Å². The Labute approximate surface area is 156 Å². The molecule has 0 unspecified atom stereocenters. The van der Waals surface area contributed by atoms with Gasteiger partial charge in [0.15, 0.2) is 5.79 Å². The molecule has 0 saturated carbocycles. The van der Waals surface area contributed by atoms with E-state index in [2.05, 4.69) is 6.58 Å². The van der Waals surface area contributed by atoms with E-state index in [1.54, 1.807) is 6.92 Å². The molecular weight excluding hydrogens is 356 g/mol. The highest BCUT2D eigenvalue weighted by Crippen LogP contribution is 2.49. The summed E-state index contributed by atoms with van der Waals surface area (Å²) in [6.07, 6.45) is 0.606. The highest BCUT2D eigenvalue weighted by atomic mass is 16.7. The zero-order valence-corrected chi connectivity index (χ0v) is 15.6. The molecule has 27 heavy (non-hydrogen) atoms. The highest BCUT2D eigenvalue weighted by Gasteiger charge is 2.58. The molecule has 3 rings (SSSR count). The van der Waals surface area contributed by atoms with Crippen LogP contribution in [-0.2, 0) is 23.8 Å². The lowest BCUT2D eigenvalue weighted by molar-refractivity contribution is -0.298. The van der Waals surface area contributed by atoms with Gasteiger partial charge in [-0.2, -0.15) is 0 Å². The number of aliphatic hydroxyl groups excluding tert-OH is 1. The van der Waals surface area contributed by atoms with Crippen molar-refractivity contribution in [2.24, 2.45) is 0 Å². The minimum Gasteiger partial charge on any atom is -0.454 e. The van der Waals surface area contributed by atoms with Gasteiger partial charge >= 0.3 is 11.9 Å². The molecule has 3 aliphatic heterocycles. The van der Waals surface area contributed by atoms with Crippen LogP contribution in [0, 0.1) is 0 Å². The van der Waals surface area contributed by atoms with Gasteiger partial charge in [0.2, 0.25) is 0 Å². The molecule has 0 aromatic carbocycles. The van der Waals surface area contributed by atoms with Crippen molar-refractivity contribution in [3.8, 4) is 0 Å². The number of hydrogen-bond donors (Lipinski definition) is 3. The van der Waals surface area contributed by atoms with Gasteiger partial charge in [-0.3, -0.25) is 0 Å². The molecule has 1 fully saturated rings. The van der Waals surface area contributed by atoms with Crippen molar-refractivity contribution in [2.75, 3.05) is 6.61 Å². The number of fused-ring (bicyclic) bond motifs is 3. The SMILES string of the molecule is C=C(C)C(=O)O[C@H]1C[C@@](C)(O)[C@@]2(O)CC[C@@](C)(C=C3OC(=O)C(CO)=C31)O2. The lowest BCUT2D eigenvalue weighted by Crippen LogP contribution is -2.54. The summed E-state index contributed by atoms with van der Waals surface area (Å²) in [7, 11) is 0. The molecule has 0 radical (unpaired) electrons. The predicted octanol–water partition coefficient (Wildman–Crippen LogP) is 0.616. The van der Waals surface area contributed by atoms with Crippen LogP contribution in [0.25, 0.3) is 0 Å². The molecule has 0 aromatic heterocycles. The van der Waals surface area contributed by atoms with Crippen molar-refractivity contribution in [1.82, 2.24) is 0 Å². The first-order valence-electron chi connectivity index (χ1n) is 8.72. The third kappa shape index (κ3) is 3.23. The zero-order valence-electron chi connectivity index (χ0n) is 15.6. The maximum Gasteiger partial charge on any atom is 0.342 e. The number of carbonyl (C=O) groups is 2. The monoisotopic (exact) mass is 380 g/mol. The molecule has 0 spiro atoms. The molecular formula is C19H24O8. The Kier molecular flexibility index (Phi) is 4.59. The lowest BCUT2D eigenvalue weighted by atomic mass is 9.82. The van der Waals surface area contributed by atoms with Crippen LogP contribution in [0.3, 0.4) is 0 Å². The maximum absolute atomic E-state index is 12.2. The van der Waals surface area contributed by atoms with E-state index in [9.17, 15) is 24.9 Å². The van der Waals surface area contributed by atoms with Gasteiger partial charge in [0, 0.05) is 24.0 Å². The summed E-state index contributed by atoms with van der Waals surface area (Å²) in [6, 6.07) is 0. The van der Waals surface area contributed by atoms with Crippen LogP contribution in [-0.4, -0.2) is 57.0 Å². The van der Waals surface area contributed by atoms with Gasteiger partial charge in [0.05, 0.1) is 17.8 Å². The molecule has 0 aliphatic carbocycles. The molecule has 0 amide bonds. The second kappa shape index (κ2) is 6.27. The first-order chi connectivity index (χ1) is 12.4. The largest absolute Gasteiger partial charge is 0.454 e. The minimum absolute atomic E-state index is 0.0649. The Morgan fingerprint density at radius 3 is 2.63 bits per heavy atom. The highest BCUT2D eigenvalue weighted by molar-refractivity contribution is 5.95. The first-order valence-corrected chi connectivity index (χ1v) is 8.72. The van der Waals surface area contributed by atoms with Gasteiger partial charge in [0.1, 0.15) is 17.5 Å². The molecule has 3 heterocycles. The van der Waals surface area contributed by atoms with Crippen LogP contribution in [0.5, 0.6) is 0 Å². The minimum atomic E-state index is -1.88. The quantitative estimate of drug-likeness (QED) is 0.481. The van der Waals surface area contributed by atoms with Crippen LogP contribution in [0.1, 0.15) is 40.0 Å². The van der Waals surface area contributed by atoms with E-state index in [1.165, 1.54) is 19.9 Å². The van der Waals surface area contributed by atoms with E-state index < -0.39 is 41.6 Å². The van der Waals surface area contributed by atoms with Crippen LogP contribution < -0.4 is 0 Å². The van der Waals surface area contributed by atoms with Crippen molar-refractivity contribution >= 4 is 11.9 Å². The Morgan fingerprint density at radius 2 is 2.04 bits per heavy atom. The van der Waals surface area contributed by atoms with E-state index in [4.69, 9.17) is 14.2 Å². The number of rotatable bonds is 3. The summed E-state index contributed by atoms with van der Waals surface area (Å²) in [6.45, 7) is 7.43. The predicted molar refractivity (Wildman–Crippen MR) is 91.9 cm³/mol. The second-order valence-corrected chi connectivity index (χ2v) is 7.80. The van der Waals surface area contributed by atoms with Crippen molar-refractivity contribution < 1.29 is 39.1 Å². The summed E-state index contributed by atoms with van der Waals surface area (Å²) >= 11 is 0. The number of esters is 2. The number of hydrogen-bond acceptors (Lipinski definition) is 8. The summed E-state index contributed by atoms with van der Waals surface area (Å²) in [5, 5.41) is 31.6. The molecule has 3 aliphatic rings. The van der Waals surface area contributed by atoms with Crippen LogP contribution in [0.15, 0.2) is 35.1 Å². The molecule has 0 aromatic rings. The van der Waals surface area contributed by atoms with E-state index in [0.717, 1.165) is 0 Å². The van der Waals surface area contributed by atoms with Crippen molar-refractivity contribution in [3.05, 3.63) is 35.1 Å². The molecule has 3 N–H and O–H groups in total. The Hall–Kier alpha value is -2.00. The van der Waals surface area contributed by atoms with Crippen LogP contribution in [0.4, 0.5) is 0 Å². The average Bonchev–Trinajstić information content (AvgIpc) is 3.03. The summed E-state index contributed by atoms with van der Waals surface area (Å²) < 4.78 is 16.5. The summed E-state index contributed by atoms with van der Waals surface area (Å²) in [4.78, 5) is 24.3. The van der Waals surface area contributed by atoms with Gasteiger partial charge < -0.3 is 29.5 Å². The molecule has 1 saturated heterocycles. The molecule has 4 atom stereocenters. The molecule has 148 valence electrons. The van der Waals surface area contributed by atoms with Crippen molar-refractivity contribution in [2.45, 2.75) is 63.1 Å². The van der Waals surface area contributed by atoms with E-state index in [1.807, 2.05) is 0 Å². The van der Waals surface area contributed by atoms with Gasteiger partial charge in [-0.05, 0) is 33.3 Å². The third-order valence-electron chi connectivity index (χ3n) is 5.34. The number of ether oxygens (including phenoxy) is 3. The first kappa shape index (κ1) is 19.8. The lowest BCUT2D eigenvalue weighted by Gasteiger charge is -2.40. The normalized spacial score (nSPS) is 38.4. The van der Waals surface area contributed by atoms with Crippen LogP contribution in [0.2, 0.25) is 0 Å². The summed E-state index contributed by atoms with van der Waals surface area (Å²) in [5.41, 5.74) is -2.60. The van der Waals surface area contributed by atoms with Gasteiger partial charge in [-0.25, -0.2) is 9.59 Å². The fourth-order valence-corrected chi connectivity index (χ4v) is 3.70. The van der Waals surface area contributed by atoms with Gasteiger partial charge in [-0.1, -0.05) is 6.58 Å². The average molecular weight is 380 g/mol. The van der Waals surface area contributed by atoms with E-state index in [-0.39, 0.29) is 35.3 Å². The summed E-state index contributed by atoms with van der Waals surface area (Å²) in [5.74, 6) is -3.28. The second-order valence-electron chi connectivity index (χ2n) is 7.80. The topological polar surface area (TPSA) is 123 Å². The molecule has 8 nitrogen and oxygen atoms in total. The van der Waals surface area contributed by atoms with Gasteiger partial charge in [0.25, 0.3) is 0 Å². The van der Waals surface area contributed by atoms with E-state index in [0.29, 0.717) is 6.42 Å². The van der Waals surface area contributed by atoms with Crippen LogP contribution >= 0.6 is 0 Å². The molecule has 8 heteroatoms. The number of carbonyl (C=O) groups excluding carboxylic acids is 2. The third-order valence-corrected chi connectivity index (χ3v) is 5.34. The van der Waals surface area contributed by atoms with E-state index >= 15 is 0 Å². The fourth-order valence-electron chi connectivity index (χ4n) is 3.70. The van der Waals surface area contributed by atoms with Gasteiger partial charge in [-0.15, -0.1) is 0 Å². The Bertz CT molecular complexity index is 777. The Balaban J connectivity index is 2.18. The van der Waals surface area contributed by atoms with Crippen molar-refractivity contribution in [1.29, 1.82) is 0 Å². The smallest absolute Gasteiger partial charge is 0.342 e. The Morgan fingerprint density at radius 1 is 1.37 bits per heavy atom.